The average Bonchev–Trinajstić information content (AvgIpc) is 2.73. The number of nitrogens with one attached hydrogen (secondary N) is 1. The molecule has 0 saturated carbocycles. The summed E-state index contributed by atoms with van der Waals surface area (Å²) in [6.45, 7) is 4.19. The van der Waals surface area contributed by atoms with E-state index in [0.717, 1.165) is 6.26 Å². The number of hydrogen-bond donors (Lipinski definition) is 2. The van der Waals surface area contributed by atoms with Crippen molar-refractivity contribution in [3.63, 3.8) is 0 Å². The Morgan fingerprint density at radius 1 is 1.38 bits per heavy atom. The quantitative estimate of drug-likeness (QED) is 0.634. The first kappa shape index (κ1) is 23.5. The summed E-state index contributed by atoms with van der Waals surface area (Å²) in [5.74, 6) is -1.93. The maximum absolute atomic E-state index is 13.0. The van der Waals surface area contributed by atoms with E-state index in [9.17, 15) is 27.5 Å². The predicted octanol–water partition coefficient (Wildman–Crippen LogP) is 1.34. The van der Waals surface area contributed by atoms with Crippen LogP contribution in [0.3, 0.4) is 0 Å². The maximum atomic E-state index is 13.0. The number of halogens is 1. The van der Waals surface area contributed by atoms with Crippen molar-refractivity contribution in [1.29, 1.82) is 0 Å². The van der Waals surface area contributed by atoms with Gasteiger partial charge in [-0.2, -0.15) is 0 Å². The lowest BCUT2D eigenvalue weighted by atomic mass is 10.0. The highest BCUT2D eigenvalue weighted by Gasteiger charge is 2.31. The molecule has 2 heterocycles. The Hall–Kier alpha value is -3.21. The number of amides is 1. The van der Waals surface area contributed by atoms with Gasteiger partial charge in [0.25, 0.3) is 11.5 Å². The summed E-state index contributed by atoms with van der Waals surface area (Å²) >= 11 is 0. The highest BCUT2D eigenvalue weighted by atomic mass is 32.2. The van der Waals surface area contributed by atoms with Gasteiger partial charge in [-0.3, -0.25) is 14.2 Å². The molecule has 2 aromatic rings. The fourth-order valence-electron chi connectivity index (χ4n) is 3.62. The van der Waals surface area contributed by atoms with Crippen LogP contribution in [-0.2, 0) is 22.9 Å². The van der Waals surface area contributed by atoms with E-state index in [4.69, 9.17) is 0 Å². The lowest BCUT2D eigenvalue weighted by Crippen LogP contribution is -2.39. The van der Waals surface area contributed by atoms with Gasteiger partial charge >= 0.3 is 0 Å². The third-order valence-electron chi connectivity index (χ3n) is 5.31. The van der Waals surface area contributed by atoms with Gasteiger partial charge in [-0.25, -0.2) is 17.8 Å². The minimum atomic E-state index is -3.32. The minimum Gasteiger partial charge on any atom is -0.501 e. The minimum absolute atomic E-state index is 0.0488. The second kappa shape index (κ2) is 9.11. The lowest BCUT2D eigenvalue weighted by Gasteiger charge is -2.35. The number of fused-ring (bicyclic) bond motifs is 1. The Bertz CT molecular complexity index is 1210. The predicted molar refractivity (Wildman–Crippen MR) is 116 cm³/mol. The summed E-state index contributed by atoms with van der Waals surface area (Å²) in [6.07, 6.45) is 2.27. The zero-order valence-corrected chi connectivity index (χ0v) is 18.7. The standard InChI is InChI=1S/C21H25FN4O5S/c1-13(12-32(3,30)31)25(2)16-5-4-10-26-19(16)24-17(18(27)21(26)29)20(28)23-11-14-6-8-15(22)9-7-14/h6-9,16,27H,1,4-5,10-12H2,2-3H3,(H,23,28). The Morgan fingerprint density at radius 2 is 2.03 bits per heavy atom. The summed E-state index contributed by atoms with van der Waals surface area (Å²) in [7, 11) is -1.66. The number of benzene rings is 1. The molecule has 1 aliphatic rings. The molecule has 0 bridgehead atoms. The molecule has 1 aromatic heterocycles. The van der Waals surface area contributed by atoms with Crippen LogP contribution < -0.4 is 10.9 Å². The van der Waals surface area contributed by atoms with E-state index in [2.05, 4.69) is 16.9 Å². The van der Waals surface area contributed by atoms with Crippen LogP contribution in [0.5, 0.6) is 5.75 Å². The first-order valence-corrected chi connectivity index (χ1v) is 12.0. The number of carbonyl (C=O) groups excluding carboxylic acids is 1. The number of nitrogens with zero attached hydrogens (tertiary/aromatic N) is 3. The van der Waals surface area contributed by atoms with Crippen LogP contribution in [0.2, 0.25) is 0 Å². The molecule has 172 valence electrons. The molecular formula is C21H25FN4O5S. The fraction of sp³-hybridized carbons (Fsp3) is 0.381. The molecule has 3 rings (SSSR count). The van der Waals surface area contributed by atoms with Crippen molar-refractivity contribution in [2.24, 2.45) is 0 Å². The lowest BCUT2D eigenvalue weighted by molar-refractivity contribution is 0.0940. The van der Waals surface area contributed by atoms with Crippen LogP contribution in [0.15, 0.2) is 41.3 Å². The largest absolute Gasteiger partial charge is 0.501 e. The van der Waals surface area contributed by atoms with Crippen LogP contribution in [0, 0.1) is 5.82 Å². The number of aromatic nitrogens is 2. The van der Waals surface area contributed by atoms with Gasteiger partial charge in [-0.15, -0.1) is 0 Å². The molecule has 1 aliphatic heterocycles. The van der Waals surface area contributed by atoms with Crippen LogP contribution in [0.4, 0.5) is 4.39 Å². The zero-order valence-electron chi connectivity index (χ0n) is 17.8. The van der Waals surface area contributed by atoms with Crippen molar-refractivity contribution in [3.8, 4) is 5.75 Å². The zero-order chi connectivity index (χ0) is 23.6. The van der Waals surface area contributed by atoms with E-state index >= 15 is 0 Å². The van der Waals surface area contributed by atoms with Crippen LogP contribution in [0.25, 0.3) is 0 Å². The van der Waals surface area contributed by atoms with Crippen LogP contribution in [0.1, 0.15) is 40.8 Å². The van der Waals surface area contributed by atoms with Crippen molar-refractivity contribution in [1.82, 2.24) is 19.8 Å². The molecule has 1 unspecified atom stereocenters. The Kier molecular flexibility index (Phi) is 6.68. The molecule has 0 radical (unpaired) electrons. The molecule has 0 spiro atoms. The van der Waals surface area contributed by atoms with Crippen molar-refractivity contribution in [2.45, 2.75) is 32.0 Å². The first-order valence-electron chi connectivity index (χ1n) is 9.92. The molecular weight excluding hydrogens is 439 g/mol. The van der Waals surface area contributed by atoms with Gasteiger partial charge in [0.15, 0.2) is 15.5 Å². The molecule has 11 heteroatoms. The van der Waals surface area contributed by atoms with Gasteiger partial charge in [-0.1, -0.05) is 18.7 Å². The normalized spacial score (nSPS) is 15.7. The Balaban J connectivity index is 1.90. The third kappa shape index (κ3) is 5.16. The Labute approximate surface area is 185 Å². The van der Waals surface area contributed by atoms with Crippen molar-refractivity contribution in [2.75, 3.05) is 19.1 Å². The van der Waals surface area contributed by atoms with E-state index in [1.165, 1.54) is 28.8 Å². The van der Waals surface area contributed by atoms with Crippen molar-refractivity contribution < 1.29 is 22.7 Å². The number of aromatic hydroxyl groups is 1. The van der Waals surface area contributed by atoms with E-state index in [-0.39, 0.29) is 18.1 Å². The summed E-state index contributed by atoms with van der Waals surface area (Å²) < 4.78 is 37.7. The highest BCUT2D eigenvalue weighted by Crippen LogP contribution is 2.31. The van der Waals surface area contributed by atoms with Gasteiger partial charge in [0.1, 0.15) is 11.6 Å². The monoisotopic (exact) mass is 464 g/mol. The van der Waals surface area contributed by atoms with Crippen molar-refractivity contribution >= 4 is 15.7 Å². The summed E-state index contributed by atoms with van der Waals surface area (Å²) in [6, 6.07) is 5.03. The Morgan fingerprint density at radius 3 is 2.66 bits per heavy atom. The summed E-state index contributed by atoms with van der Waals surface area (Å²) in [5.41, 5.74) is -0.203. The van der Waals surface area contributed by atoms with E-state index in [1.807, 2.05) is 0 Å². The molecule has 2 N–H and O–H groups in total. The molecule has 0 fully saturated rings. The molecule has 32 heavy (non-hydrogen) atoms. The highest BCUT2D eigenvalue weighted by molar-refractivity contribution is 7.90. The maximum Gasteiger partial charge on any atom is 0.296 e. The number of hydrogen-bond acceptors (Lipinski definition) is 7. The van der Waals surface area contributed by atoms with Gasteiger partial charge < -0.3 is 15.3 Å². The fourth-order valence-corrected chi connectivity index (χ4v) is 4.43. The molecule has 1 atom stereocenters. The molecule has 1 aromatic carbocycles. The van der Waals surface area contributed by atoms with Crippen LogP contribution in [-0.4, -0.2) is 52.9 Å². The van der Waals surface area contributed by atoms with Gasteiger partial charge in [0.2, 0.25) is 5.75 Å². The van der Waals surface area contributed by atoms with E-state index in [0.29, 0.717) is 30.6 Å². The molecule has 0 saturated heterocycles. The first-order chi connectivity index (χ1) is 15.0. The number of carbonyl (C=O) groups is 1. The van der Waals surface area contributed by atoms with Crippen LogP contribution >= 0.6 is 0 Å². The molecule has 1 amide bonds. The van der Waals surface area contributed by atoms with E-state index in [1.54, 1.807) is 11.9 Å². The van der Waals surface area contributed by atoms with Crippen molar-refractivity contribution in [3.05, 3.63) is 69.8 Å². The molecule has 9 nitrogen and oxygen atoms in total. The smallest absolute Gasteiger partial charge is 0.296 e. The topological polar surface area (TPSA) is 122 Å². The average molecular weight is 465 g/mol. The van der Waals surface area contributed by atoms with Gasteiger partial charge in [-0.05, 0) is 30.5 Å². The third-order valence-corrected chi connectivity index (χ3v) is 6.17. The summed E-state index contributed by atoms with van der Waals surface area (Å²) in [5, 5.41) is 12.9. The van der Waals surface area contributed by atoms with E-state index < -0.39 is 44.6 Å². The number of rotatable bonds is 7. The molecule has 0 aliphatic carbocycles. The number of sulfone groups is 1. The van der Waals surface area contributed by atoms with Gasteiger partial charge in [0.05, 0.1) is 11.8 Å². The summed E-state index contributed by atoms with van der Waals surface area (Å²) in [4.78, 5) is 31.3. The second-order valence-corrected chi connectivity index (χ2v) is 9.98. The SMILES string of the molecule is C=C(CS(C)(=O)=O)N(C)C1CCCn2c1nc(C(=O)NCc1ccc(F)cc1)c(O)c2=O. The second-order valence-electron chi connectivity index (χ2n) is 7.84. The van der Waals surface area contributed by atoms with Gasteiger partial charge in [0, 0.05) is 32.1 Å².